The first-order chi connectivity index (χ1) is 13.1. The van der Waals surface area contributed by atoms with Crippen molar-refractivity contribution in [1.82, 2.24) is 20.0 Å². The van der Waals surface area contributed by atoms with E-state index in [-0.39, 0.29) is 11.5 Å². The summed E-state index contributed by atoms with van der Waals surface area (Å²) in [6.07, 6.45) is 5.14. The van der Waals surface area contributed by atoms with Crippen LogP contribution >= 0.6 is 0 Å². The lowest BCUT2D eigenvalue weighted by Gasteiger charge is -2.38. The number of aromatic nitrogens is 2. The van der Waals surface area contributed by atoms with Crippen LogP contribution in [-0.4, -0.2) is 46.8 Å². The number of piperidine rings is 1. The molecule has 0 atom stereocenters. The Balaban J connectivity index is 1.65. The number of nitrogens with one attached hydrogen (secondary N) is 1. The first-order valence-electron chi connectivity index (χ1n) is 10.1. The van der Waals surface area contributed by atoms with Crippen LogP contribution in [0, 0.1) is 5.41 Å². The van der Waals surface area contributed by atoms with Gasteiger partial charge in [-0.15, -0.1) is 0 Å². The van der Waals surface area contributed by atoms with Crippen molar-refractivity contribution in [1.29, 1.82) is 0 Å². The number of aryl methyl sites for hydroxylation is 1. The van der Waals surface area contributed by atoms with E-state index >= 15 is 0 Å². The van der Waals surface area contributed by atoms with Gasteiger partial charge in [0.15, 0.2) is 5.69 Å². The Morgan fingerprint density at radius 3 is 2.59 bits per heavy atom. The number of benzene rings is 1. The van der Waals surface area contributed by atoms with Gasteiger partial charge in [0.1, 0.15) is 0 Å². The van der Waals surface area contributed by atoms with E-state index in [1.807, 2.05) is 23.1 Å². The van der Waals surface area contributed by atoms with E-state index in [9.17, 15) is 9.59 Å². The van der Waals surface area contributed by atoms with Crippen LogP contribution in [0.25, 0.3) is 10.8 Å². The van der Waals surface area contributed by atoms with Crippen LogP contribution < -0.4 is 10.9 Å². The SMILES string of the molecule is CCCCn1nc(C(=O)N2CCC3(CCNC3)CC2)c2ccccc2c1=O. The van der Waals surface area contributed by atoms with Crippen molar-refractivity contribution in [3.63, 3.8) is 0 Å². The van der Waals surface area contributed by atoms with Gasteiger partial charge >= 0.3 is 0 Å². The third kappa shape index (κ3) is 3.38. The second kappa shape index (κ2) is 7.43. The van der Waals surface area contributed by atoms with Gasteiger partial charge in [0.2, 0.25) is 0 Å². The number of rotatable bonds is 4. The van der Waals surface area contributed by atoms with Crippen molar-refractivity contribution in [2.75, 3.05) is 26.2 Å². The fourth-order valence-corrected chi connectivity index (χ4v) is 4.41. The summed E-state index contributed by atoms with van der Waals surface area (Å²) in [6.45, 7) is 6.32. The highest BCUT2D eigenvalue weighted by Gasteiger charge is 2.38. The summed E-state index contributed by atoms with van der Waals surface area (Å²) >= 11 is 0. The zero-order valence-corrected chi connectivity index (χ0v) is 16.0. The second-order valence-corrected chi connectivity index (χ2v) is 8.00. The summed E-state index contributed by atoms with van der Waals surface area (Å²) in [5.41, 5.74) is 0.679. The predicted molar refractivity (Wildman–Crippen MR) is 106 cm³/mol. The van der Waals surface area contributed by atoms with Crippen LogP contribution in [0.5, 0.6) is 0 Å². The van der Waals surface area contributed by atoms with E-state index in [0.717, 1.165) is 51.9 Å². The Bertz CT molecular complexity index is 889. The number of fused-ring (bicyclic) bond motifs is 1. The summed E-state index contributed by atoms with van der Waals surface area (Å²) in [5.74, 6) is -0.0442. The van der Waals surface area contributed by atoms with E-state index in [1.165, 1.54) is 11.1 Å². The van der Waals surface area contributed by atoms with Crippen LogP contribution in [0.1, 0.15) is 49.5 Å². The number of carbonyl (C=O) groups excluding carboxylic acids is 1. The van der Waals surface area contributed by atoms with Crippen LogP contribution in [0.4, 0.5) is 0 Å². The molecule has 2 aliphatic rings. The molecule has 27 heavy (non-hydrogen) atoms. The van der Waals surface area contributed by atoms with E-state index in [0.29, 0.717) is 28.4 Å². The Kier molecular flexibility index (Phi) is 5.00. The number of hydrogen-bond donors (Lipinski definition) is 1. The highest BCUT2D eigenvalue weighted by atomic mass is 16.2. The Hall–Kier alpha value is -2.21. The molecule has 144 valence electrons. The Labute approximate surface area is 159 Å². The molecule has 2 aromatic rings. The molecule has 1 aromatic carbocycles. The molecule has 0 aliphatic carbocycles. The topological polar surface area (TPSA) is 67.2 Å². The third-order valence-corrected chi connectivity index (χ3v) is 6.24. The molecule has 2 aliphatic heterocycles. The Morgan fingerprint density at radius 1 is 1.19 bits per heavy atom. The standard InChI is InChI=1S/C21H28N4O2/c1-2-3-12-25-19(26)17-7-5-4-6-16(17)18(23-25)20(27)24-13-9-21(10-14-24)8-11-22-15-21/h4-7,22H,2-3,8-15H2,1H3. The average Bonchev–Trinajstić information content (AvgIpc) is 3.16. The summed E-state index contributed by atoms with van der Waals surface area (Å²) < 4.78 is 1.48. The van der Waals surface area contributed by atoms with Gasteiger partial charge in [-0.1, -0.05) is 31.5 Å². The Morgan fingerprint density at radius 2 is 1.93 bits per heavy atom. The molecule has 6 nitrogen and oxygen atoms in total. The number of hydrogen-bond acceptors (Lipinski definition) is 4. The quantitative estimate of drug-likeness (QED) is 0.900. The van der Waals surface area contributed by atoms with Crippen LogP contribution in [0.2, 0.25) is 0 Å². The number of amides is 1. The maximum Gasteiger partial charge on any atom is 0.274 e. The van der Waals surface area contributed by atoms with Crippen LogP contribution in [0.15, 0.2) is 29.1 Å². The molecule has 4 rings (SSSR count). The molecule has 1 aromatic heterocycles. The van der Waals surface area contributed by atoms with Crippen molar-refractivity contribution in [2.45, 2.75) is 45.6 Å². The van der Waals surface area contributed by atoms with Crippen molar-refractivity contribution < 1.29 is 4.79 Å². The van der Waals surface area contributed by atoms with Gasteiger partial charge < -0.3 is 10.2 Å². The number of carbonyl (C=O) groups is 1. The van der Waals surface area contributed by atoms with Crippen molar-refractivity contribution >= 4 is 16.7 Å². The maximum atomic E-state index is 13.3. The minimum Gasteiger partial charge on any atom is -0.337 e. The van der Waals surface area contributed by atoms with Gasteiger partial charge in [-0.25, -0.2) is 4.68 Å². The lowest BCUT2D eigenvalue weighted by atomic mass is 9.78. The molecule has 2 saturated heterocycles. The zero-order valence-electron chi connectivity index (χ0n) is 16.0. The molecule has 0 radical (unpaired) electrons. The maximum absolute atomic E-state index is 13.3. The smallest absolute Gasteiger partial charge is 0.274 e. The summed E-state index contributed by atoms with van der Waals surface area (Å²) in [4.78, 5) is 27.9. The molecule has 1 amide bonds. The van der Waals surface area contributed by atoms with E-state index in [1.54, 1.807) is 6.07 Å². The van der Waals surface area contributed by atoms with Gasteiger partial charge in [-0.3, -0.25) is 9.59 Å². The molecule has 3 heterocycles. The fraction of sp³-hybridized carbons (Fsp3) is 0.571. The molecular weight excluding hydrogens is 340 g/mol. The van der Waals surface area contributed by atoms with Crippen LogP contribution in [0.3, 0.4) is 0 Å². The van der Waals surface area contributed by atoms with Gasteiger partial charge in [-0.2, -0.15) is 5.10 Å². The minimum absolute atomic E-state index is 0.0442. The number of nitrogens with zero attached hydrogens (tertiary/aromatic N) is 3. The zero-order chi connectivity index (χ0) is 18.9. The molecule has 1 N–H and O–H groups in total. The monoisotopic (exact) mass is 368 g/mol. The van der Waals surface area contributed by atoms with E-state index in [2.05, 4.69) is 17.3 Å². The van der Waals surface area contributed by atoms with Gasteiger partial charge in [0, 0.05) is 31.6 Å². The van der Waals surface area contributed by atoms with Crippen LogP contribution in [-0.2, 0) is 6.54 Å². The first kappa shape index (κ1) is 18.2. The molecule has 0 unspecified atom stereocenters. The van der Waals surface area contributed by atoms with Gasteiger partial charge in [0.25, 0.3) is 11.5 Å². The third-order valence-electron chi connectivity index (χ3n) is 6.24. The summed E-state index contributed by atoms with van der Waals surface area (Å²) in [6, 6.07) is 7.35. The second-order valence-electron chi connectivity index (χ2n) is 8.00. The summed E-state index contributed by atoms with van der Waals surface area (Å²) in [7, 11) is 0. The van der Waals surface area contributed by atoms with Gasteiger partial charge in [-0.05, 0) is 43.7 Å². The normalized spacial score (nSPS) is 19.1. The highest BCUT2D eigenvalue weighted by molar-refractivity contribution is 6.04. The predicted octanol–water partition coefficient (Wildman–Crippen LogP) is 2.41. The van der Waals surface area contributed by atoms with Crippen molar-refractivity contribution in [2.24, 2.45) is 5.41 Å². The lowest BCUT2D eigenvalue weighted by molar-refractivity contribution is 0.0601. The fourth-order valence-electron chi connectivity index (χ4n) is 4.41. The van der Waals surface area contributed by atoms with E-state index < -0.39 is 0 Å². The largest absolute Gasteiger partial charge is 0.337 e. The molecule has 6 heteroatoms. The lowest BCUT2D eigenvalue weighted by Crippen LogP contribution is -2.44. The first-order valence-corrected chi connectivity index (χ1v) is 10.1. The number of unbranched alkanes of at least 4 members (excludes halogenated alkanes) is 1. The average molecular weight is 368 g/mol. The summed E-state index contributed by atoms with van der Waals surface area (Å²) in [5, 5.41) is 9.22. The molecule has 1 spiro atoms. The minimum atomic E-state index is -0.106. The van der Waals surface area contributed by atoms with Crippen molar-refractivity contribution in [3.8, 4) is 0 Å². The van der Waals surface area contributed by atoms with Gasteiger partial charge in [0.05, 0.1) is 5.39 Å². The highest BCUT2D eigenvalue weighted by Crippen LogP contribution is 2.37. The van der Waals surface area contributed by atoms with Crippen molar-refractivity contribution in [3.05, 3.63) is 40.3 Å². The number of likely N-dealkylation sites (tertiary alicyclic amines) is 1. The van der Waals surface area contributed by atoms with E-state index in [4.69, 9.17) is 0 Å². The molecule has 0 bridgehead atoms. The molecular formula is C21H28N4O2. The molecule has 2 fully saturated rings. The molecule has 0 saturated carbocycles.